The van der Waals surface area contributed by atoms with Gasteiger partial charge in [0.2, 0.25) is 0 Å². The van der Waals surface area contributed by atoms with Gasteiger partial charge in [0.25, 0.3) is 0 Å². The number of rotatable bonds is 4. The summed E-state index contributed by atoms with van der Waals surface area (Å²) in [5.74, 6) is 0. The van der Waals surface area contributed by atoms with Crippen LogP contribution in [0.3, 0.4) is 0 Å². The number of aromatic nitrogens is 3. The number of fused-ring (bicyclic) bond motifs is 1. The van der Waals surface area contributed by atoms with Gasteiger partial charge in [-0.15, -0.1) is 0 Å². The van der Waals surface area contributed by atoms with E-state index in [4.69, 9.17) is 16.6 Å². The summed E-state index contributed by atoms with van der Waals surface area (Å²) < 4.78 is 0. The van der Waals surface area contributed by atoms with Crippen molar-refractivity contribution in [2.45, 2.75) is 13.8 Å². The van der Waals surface area contributed by atoms with Crippen LogP contribution in [0.4, 0.5) is 5.69 Å². The summed E-state index contributed by atoms with van der Waals surface area (Å²) in [4.78, 5) is 15.3. The van der Waals surface area contributed by atoms with Crippen LogP contribution in [0.15, 0.2) is 43.0 Å². The van der Waals surface area contributed by atoms with Gasteiger partial charge in [-0.25, -0.2) is 4.98 Å². The van der Waals surface area contributed by atoms with Crippen molar-refractivity contribution in [3.8, 4) is 11.3 Å². The van der Waals surface area contributed by atoms with Crippen LogP contribution >= 0.6 is 11.6 Å². The quantitative estimate of drug-likeness (QED) is 0.724. The van der Waals surface area contributed by atoms with Gasteiger partial charge in [0.1, 0.15) is 0 Å². The minimum absolute atomic E-state index is 0.601. The topological polar surface area (TPSA) is 41.9 Å². The molecule has 0 spiro atoms. The second-order valence-corrected chi connectivity index (χ2v) is 5.35. The Balaban J connectivity index is 2.27. The van der Waals surface area contributed by atoms with Crippen molar-refractivity contribution in [3.63, 3.8) is 0 Å². The molecule has 0 aliphatic rings. The Morgan fingerprint density at radius 1 is 1.05 bits per heavy atom. The standard InChI is InChI=1S/C17H17ClN4/c1-3-22(4-2)17-9-15(12-5-7-19-10-14(12)18)21-16-11-20-8-6-13(16)17/h5-11H,3-4H2,1-2H3. The van der Waals surface area contributed by atoms with E-state index in [0.717, 1.165) is 40.9 Å². The fourth-order valence-electron chi connectivity index (χ4n) is 2.61. The number of pyridine rings is 3. The number of anilines is 1. The predicted octanol–water partition coefficient (Wildman–Crippen LogP) is 4.19. The molecule has 22 heavy (non-hydrogen) atoms. The Kier molecular flexibility index (Phi) is 4.20. The summed E-state index contributed by atoms with van der Waals surface area (Å²) in [6.45, 7) is 6.16. The number of nitrogens with zero attached hydrogens (tertiary/aromatic N) is 4. The normalized spacial score (nSPS) is 10.9. The lowest BCUT2D eigenvalue weighted by Crippen LogP contribution is -2.22. The van der Waals surface area contributed by atoms with Crippen LogP contribution in [-0.4, -0.2) is 28.0 Å². The molecular weight excluding hydrogens is 296 g/mol. The molecule has 0 aromatic carbocycles. The molecule has 5 heteroatoms. The molecule has 4 nitrogen and oxygen atoms in total. The molecule has 3 aromatic heterocycles. The Morgan fingerprint density at radius 2 is 1.77 bits per heavy atom. The van der Waals surface area contributed by atoms with E-state index < -0.39 is 0 Å². The van der Waals surface area contributed by atoms with Crippen LogP contribution in [0.2, 0.25) is 5.02 Å². The summed E-state index contributed by atoms with van der Waals surface area (Å²) in [6, 6.07) is 5.99. The number of hydrogen-bond acceptors (Lipinski definition) is 4. The van der Waals surface area contributed by atoms with E-state index in [0.29, 0.717) is 5.02 Å². The van der Waals surface area contributed by atoms with E-state index in [1.165, 1.54) is 0 Å². The smallest absolute Gasteiger partial charge is 0.0913 e. The third kappa shape index (κ3) is 2.62. The highest BCUT2D eigenvalue weighted by Crippen LogP contribution is 2.32. The van der Waals surface area contributed by atoms with Crippen LogP contribution in [0.25, 0.3) is 22.2 Å². The highest BCUT2D eigenvalue weighted by Gasteiger charge is 2.13. The SMILES string of the molecule is CCN(CC)c1cc(-c2ccncc2Cl)nc2cnccc12. The second kappa shape index (κ2) is 6.28. The van der Waals surface area contributed by atoms with E-state index in [2.05, 4.69) is 34.8 Å². The number of hydrogen-bond donors (Lipinski definition) is 0. The molecule has 0 saturated heterocycles. The van der Waals surface area contributed by atoms with Crippen molar-refractivity contribution in [3.05, 3.63) is 48.0 Å². The average Bonchev–Trinajstić information content (AvgIpc) is 2.56. The Bertz CT molecular complexity index is 800. The molecule has 3 heterocycles. The van der Waals surface area contributed by atoms with Gasteiger partial charge in [-0.05, 0) is 32.0 Å². The van der Waals surface area contributed by atoms with Crippen LogP contribution in [0.5, 0.6) is 0 Å². The maximum Gasteiger partial charge on any atom is 0.0913 e. The van der Waals surface area contributed by atoms with Crippen molar-refractivity contribution >= 4 is 28.2 Å². The fraction of sp³-hybridized carbons (Fsp3) is 0.235. The predicted molar refractivity (Wildman–Crippen MR) is 91.3 cm³/mol. The molecule has 0 aliphatic heterocycles. The van der Waals surface area contributed by atoms with Gasteiger partial charge in [-0.3, -0.25) is 9.97 Å². The summed E-state index contributed by atoms with van der Waals surface area (Å²) in [5, 5.41) is 1.70. The molecule has 3 rings (SSSR count). The van der Waals surface area contributed by atoms with E-state index in [1.54, 1.807) is 24.8 Å². The number of halogens is 1. The van der Waals surface area contributed by atoms with Gasteiger partial charge in [0.05, 0.1) is 22.4 Å². The van der Waals surface area contributed by atoms with Crippen molar-refractivity contribution in [2.24, 2.45) is 0 Å². The summed E-state index contributed by atoms with van der Waals surface area (Å²) >= 11 is 6.28. The van der Waals surface area contributed by atoms with Gasteiger partial charge >= 0.3 is 0 Å². The van der Waals surface area contributed by atoms with E-state index in [1.807, 2.05) is 12.1 Å². The van der Waals surface area contributed by atoms with Crippen molar-refractivity contribution in [1.29, 1.82) is 0 Å². The van der Waals surface area contributed by atoms with E-state index in [9.17, 15) is 0 Å². The molecular formula is C17H17ClN4. The van der Waals surface area contributed by atoms with E-state index in [-0.39, 0.29) is 0 Å². The van der Waals surface area contributed by atoms with Crippen LogP contribution in [0.1, 0.15) is 13.8 Å². The monoisotopic (exact) mass is 312 g/mol. The molecule has 0 radical (unpaired) electrons. The second-order valence-electron chi connectivity index (χ2n) is 4.95. The van der Waals surface area contributed by atoms with Gasteiger partial charge < -0.3 is 4.90 Å². The Labute approximate surface area is 134 Å². The lowest BCUT2D eigenvalue weighted by Gasteiger charge is -2.23. The third-order valence-corrected chi connectivity index (χ3v) is 4.04. The maximum atomic E-state index is 6.28. The summed E-state index contributed by atoms with van der Waals surface area (Å²) in [5.41, 5.74) is 3.75. The molecule has 0 atom stereocenters. The van der Waals surface area contributed by atoms with Gasteiger partial charge in [0.15, 0.2) is 0 Å². The molecule has 0 aliphatic carbocycles. The molecule has 0 unspecified atom stereocenters. The lowest BCUT2D eigenvalue weighted by atomic mass is 10.1. The molecule has 0 amide bonds. The molecule has 0 N–H and O–H groups in total. The molecule has 0 fully saturated rings. The van der Waals surface area contributed by atoms with Crippen LogP contribution < -0.4 is 4.90 Å². The van der Waals surface area contributed by atoms with Crippen LogP contribution in [-0.2, 0) is 0 Å². The minimum Gasteiger partial charge on any atom is -0.371 e. The molecule has 0 saturated carbocycles. The highest BCUT2D eigenvalue weighted by molar-refractivity contribution is 6.33. The highest BCUT2D eigenvalue weighted by atomic mass is 35.5. The molecule has 0 bridgehead atoms. The molecule has 3 aromatic rings. The maximum absolute atomic E-state index is 6.28. The van der Waals surface area contributed by atoms with Gasteiger partial charge in [-0.1, -0.05) is 11.6 Å². The average molecular weight is 313 g/mol. The first kappa shape index (κ1) is 14.7. The first-order chi connectivity index (χ1) is 10.7. The summed E-state index contributed by atoms with van der Waals surface area (Å²) in [6.07, 6.45) is 6.97. The zero-order valence-electron chi connectivity index (χ0n) is 12.6. The van der Waals surface area contributed by atoms with Crippen molar-refractivity contribution < 1.29 is 0 Å². The zero-order chi connectivity index (χ0) is 15.5. The van der Waals surface area contributed by atoms with Crippen LogP contribution in [0, 0.1) is 0 Å². The lowest BCUT2D eigenvalue weighted by molar-refractivity contribution is 0.870. The van der Waals surface area contributed by atoms with Crippen molar-refractivity contribution in [2.75, 3.05) is 18.0 Å². The minimum atomic E-state index is 0.601. The van der Waals surface area contributed by atoms with Crippen molar-refractivity contribution in [1.82, 2.24) is 15.0 Å². The first-order valence-corrected chi connectivity index (χ1v) is 7.72. The van der Waals surface area contributed by atoms with Gasteiger partial charge in [-0.2, -0.15) is 0 Å². The summed E-state index contributed by atoms with van der Waals surface area (Å²) in [7, 11) is 0. The Hall–Kier alpha value is -2.20. The van der Waals surface area contributed by atoms with E-state index >= 15 is 0 Å². The Morgan fingerprint density at radius 3 is 2.50 bits per heavy atom. The first-order valence-electron chi connectivity index (χ1n) is 7.34. The zero-order valence-corrected chi connectivity index (χ0v) is 13.4. The molecule has 112 valence electrons. The van der Waals surface area contributed by atoms with Gasteiger partial charge in [0, 0.05) is 48.3 Å². The fourth-order valence-corrected chi connectivity index (χ4v) is 2.82. The largest absolute Gasteiger partial charge is 0.371 e. The third-order valence-electron chi connectivity index (χ3n) is 3.74.